The SMILES string of the molecule is COCCOC(=O)c1nnn(Cc2nccn2C)c1C. The molecule has 8 heteroatoms. The molecule has 2 aromatic heterocycles. The summed E-state index contributed by atoms with van der Waals surface area (Å²) in [5.41, 5.74) is 0.866. The summed E-state index contributed by atoms with van der Waals surface area (Å²) in [6.07, 6.45) is 3.56. The monoisotopic (exact) mass is 279 g/mol. The van der Waals surface area contributed by atoms with E-state index in [-0.39, 0.29) is 12.3 Å². The van der Waals surface area contributed by atoms with Gasteiger partial charge in [-0.2, -0.15) is 0 Å². The van der Waals surface area contributed by atoms with E-state index in [1.165, 1.54) is 0 Å². The molecule has 2 heterocycles. The fourth-order valence-corrected chi connectivity index (χ4v) is 1.67. The molecule has 20 heavy (non-hydrogen) atoms. The summed E-state index contributed by atoms with van der Waals surface area (Å²) < 4.78 is 13.3. The smallest absolute Gasteiger partial charge is 0.360 e. The van der Waals surface area contributed by atoms with Crippen molar-refractivity contribution in [2.24, 2.45) is 7.05 Å². The van der Waals surface area contributed by atoms with E-state index in [0.717, 1.165) is 5.82 Å². The minimum atomic E-state index is -0.495. The van der Waals surface area contributed by atoms with Gasteiger partial charge in [0.15, 0.2) is 5.69 Å². The Hall–Kier alpha value is -2.22. The lowest BCUT2D eigenvalue weighted by Gasteiger charge is -2.04. The fraction of sp³-hybridized carbons (Fsp3) is 0.500. The topological polar surface area (TPSA) is 84.1 Å². The molecule has 0 aliphatic heterocycles. The predicted octanol–water partition coefficient (Wildman–Crippen LogP) is 0.172. The first-order chi connectivity index (χ1) is 9.63. The maximum absolute atomic E-state index is 11.8. The van der Waals surface area contributed by atoms with Gasteiger partial charge in [0.25, 0.3) is 0 Å². The normalized spacial score (nSPS) is 10.8. The molecule has 2 rings (SSSR count). The number of hydrogen-bond acceptors (Lipinski definition) is 6. The number of carbonyl (C=O) groups excluding carboxylic acids is 1. The molecule has 0 amide bonds. The molecule has 0 aliphatic rings. The molecule has 0 aromatic carbocycles. The van der Waals surface area contributed by atoms with Crippen molar-refractivity contribution >= 4 is 5.97 Å². The van der Waals surface area contributed by atoms with Gasteiger partial charge in [0.1, 0.15) is 19.0 Å². The molecular formula is C12H17N5O3. The third-order valence-electron chi connectivity index (χ3n) is 2.91. The number of methoxy groups -OCH3 is 1. The Morgan fingerprint density at radius 2 is 2.20 bits per heavy atom. The average molecular weight is 279 g/mol. The van der Waals surface area contributed by atoms with Crippen molar-refractivity contribution in [2.75, 3.05) is 20.3 Å². The molecule has 0 aliphatic carbocycles. The molecule has 0 radical (unpaired) electrons. The Labute approximate surface area is 116 Å². The maximum Gasteiger partial charge on any atom is 0.360 e. The zero-order valence-electron chi connectivity index (χ0n) is 11.7. The Morgan fingerprint density at radius 3 is 2.85 bits per heavy atom. The Balaban J connectivity index is 2.07. The van der Waals surface area contributed by atoms with Crippen LogP contribution in [-0.4, -0.2) is 50.8 Å². The number of ether oxygens (including phenoxy) is 2. The van der Waals surface area contributed by atoms with E-state index in [9.17, 15) is 4.79 Å². The first-order valence-corrected chi connectivity index (χ1v) is 6.15. The highest BCUT2D eigenvalue weighted by Crippen LogP contribution is 2.08. The molecule has 2 aromatic rings. The van der Waals surface area contributed by atoms with Gasteiger partial charge in [0.2, 0.25) is 0 Å². The van der Waals surface area contributed by atoms with E-state index in [0.29, 0.717) is 18.8 Å². The van der Waals surface area contributed by atoms with Crippen LogP contribution < -0.4 is 0 Å². The molecule has 108 valence electrons. The number of nitrogens with zero attached hydrogens (tertiary/aromatic N) is 5. The van der Waals surface area contributed by atoms with Gasteiger partial charge in [0.05, 0.1) is 12.3 Å². The predicted molar refractivity (Wildman–Crippen MR) is 69.2 cm³/mol. The number of hydrogen-bond donors (Lipinski definition) is 0. The number of aryl methyl sites for hydroxylation is 1. The van der Waals surface area contributed by atoms with Gasteiger partial charge in [-0.3, -0.25) is 0 Å². The molecule has 0 atom stereocenters. The Morgan fingerprint density at radius 1 is 1.40 bits per heavy atom. The van der Waals surface area contributed by atoms with Crippen molar-refractivity contribution in [2.45, 2.75) is 13.5 Å². The molecule has 0 saturated carbocycles. The van der Waals surface area contributed by atoms with Crippen molar-refractivity contribution in [3.8, 4) is 0 Å². The lowest BCUT2D eigenvalue weighted by molar-refractivity contribution is 0.0380. The van der Waals surface area contributed by atoms with E-state index in [4.69, 9.17) is 9.47 Å². The summed E-state index contributed by atoms with van der Waals surface area (Å²) >= 11 is 0. The van der Waals surface area contributed by atoms with Crippen molar-refractivity contribution in [3.63, 3.8) is 0 Å². The van der Waals surface area contributed by atoms with Crippen molar-refractivity contribution in [3.05, 3.63) is 29.6 Å². The summed E-state index contributed by atoms with van der Waals surface area (Å²) in [5.74, 6) is 0.336. The summed E-state index contributed by atoms with van der Waals surface area (Å²) in [7, 11) is 3.44. The van der Waals surface area contributed by atoms with Gasteiger partial charge in [-0.25, -0.2) is 14.5 Å². The minimum absolute atomic E-state index is 0.195. The lowest BCUT2D eigenvalue weighted by Crippen LogP contribution is -2.13. The molecule has 0 bridgehead atoms. The van der Waals surface area contributed by atoms with Crippen LogP contribution >= 0.6 is 0 Å². The molecule has 0 saturated heterocycles. The second-order valence-corrected chi connectivity index (χ2v) is 4.26. The lowest BCUT2D eigenvalue weighted by atomic mass is 10.3. The van der Waals surface area contributed by atoms with E-state index >= 15 is 0 Å². The summed E-state index contributed by atoms with van der Waals surface area (Å²) in [6.45, 7) is 2.77. The maximum atomic E-state index is 11.8. The summed E-state index contributed by atoms with van der Waals surface area (Å²) in [5, 5.41) is 7.83. The fourth-order valence-electron chi connectivity index (χ4n) is 1.67. The third-order valence-corrected chi connectivity index (χ3v) is 2.91. The standard InChI is InChI=1S/C12H17N5O3/c1-9-11(12(18)20-7-6-19-3)14-15-17(9)8-10-13-4-5-16(10)2/h4-5H,6-8H2,1-3H3. The minimum Gasteiger partial charge on any atom is -0.458 e. The highest BCUT2D eigenvalue weighted by atomic mass is 16.6. The van der Waals surface area contributed by atoms with Crippen LogP contribution in [0.3, 0.4) is 0 Å². The second kappa shape index (κ2) is 6.29. The van der Waals surface area contributed by atoms with Gasteiger partial charge in [0, 0.05) is 26.6 Å². The molecule has 0 unspecified atom stereocenters. The van der Waals surface area contributed by atoms with Crippen LogP contribution in [0.4, 0.5) is 0 Å². The van der Waals surface area contributed by atoms with E-state index < -0.39 is 5.97 Å². The first kappa shape index (κ1) is 14.2. The van der Waals surface area contributed by atoms with E-state index in [2.05, 4.69) is 15.3 Å². The zero-order valence-corrected chi connectivity index (χ0v) is 11.7. The second-order valence-electron chi connectivity index (χ2n) is 4.26. The third kappa shape index (κ3) is 3.02. The average Bonchev–Trinajstić information content (AvgIpc) is 2.98. The number of rotatable bonds is 6. The van der Waals surface area contributed by atoms with Gasteiger partial charge in [-0.1, -0.05) is 5.21 Å². The quantitative estimate of drug-likeness (QED) is 0.553. The van der Waals surface area contributed by atoms with Crippen molar-refractivity contribution in [1.82, 2.24) is 24.5 Å². The molecule has 0 spiro atoms. The van der Waals surface area contributed by atoms with Crippen LogP contribution in [0.15, 0.2) is 12.4 Å². The molecule has 8 nitrogen and oxygen atoms in total. The van der Waals surface area contributed by atoms with Gasteiger partial charge in [-0.05, 0) is 6.92 Å². The highest BCUT2D eigenvalue weighted by Gasteiger charge is 2.18. The van der Waals surface area contributed by atoms with E-state index in [1.807, 2.05) is 17.8 Å². The largest absolute Gasteiger partial charge is 0.458 e. The van der Waals surface area contributed by atoms with Crippen molar-refractivity contribution < 1.29 is 14.3 Å². The van der Waals surface area contributed by atoms with Gasteiger partial charge in [-0.15, -0.1) is 5.10 Å². The van der Waals surface area contributed by atoms with Gasteiger partial charge < -0.3 is 14.0 Å². The Kier molecular flexibility index (Phi) is 4.46. The molecule has 0 N–H and O–H groups in total. The van der Waals surface area contributed by atoms with Crippen LogP contribution in [0.5, 0.6) is 0 Å². The zero-order chi connectivity index (χ0) is 14.5. The van der Waals surface area contributed by atoms with Crippen LogP contribution in [0.1, 0.15) is 22.0 Å². The highest BCUT2D eigenvalue weighted by molar-refractivity contribution is 5.88. The van der Waals surface area contributed by atoms with Crippen LogP contribution in [0.2, 0.25) is 0 Å². The van der Waals surface area contributed by atoms with Crippen LogP contribution in [-0.2, 0) is 23.1 Å². The van der Waals surface area contributed by atoms with Crippen LogP contribution in [0, 0.1) is 6.92 Å². The number of imidazole rings is 1. The van der Waals surface area contributed by atoms with Crippen molar-refractivity contribution in [1.29, 1.82) is 0 Å². The number of aromatic nitrogens is 5. The van der Waals surface area contributed by atoms with Crippen LogP contribution in [0.25, 0.3) is 0 Å². The first-order valence-electron chi connectivity index (χ1n) is 6.15. The Bertz CT molecular complexity index is 590. The number of esters is 1. The summed E-state index contributed by atoms with van der Waals surface area (Å²) in [6, 6.07) is 0. The summed E-state index contributed by atoms with van der Waals surface area (Å²) in [4.78, 5) is 16.0. The molecular weight excluding hydrogens is 262 g/mol. The number of carbonyl (C=O) groups is 1. The van der Waals surface area contributed by atoms with Gasteiger partial charge >= 0.3 is 5.97 Å². The molecule has 0 fully saturated rings. The van der Waals surface area contributed by atoms with E-state index in [1.54, 1.807) is 24.9 Å².